The molecule has 1 amide bonds. The van der Waals surface area contributed by atoms with E-state index in [9.17, 15) is 14.4 Å². The zero-order chi connectivity index (χ0) is 17.1. The fraction of sp³-hybridized carbons (Fsp3) is 0.211. The Morgan fingerprint density at radius 1 is 1.04 bits per heavy atom. The average Bonchev–Trinajstić information content (AvgIpc) is 2.61. The van der Waals surface area contributed by atoms with Crippen LogP contribution in [0.1, 0.15) is 28.4 Å². The van der Waals surface area contributed by atoms with Crippen molar-refractivity contribution in [2.45, 2.75) is 12.5 Å². The van der Waals surface area contributed by atoms with Crippen molar-refractivity contribution < 1.29 is 19.1 Å². The van der Waals surface area contributed by atoms with Gasteiger partial charge in [0.1, 0.15) is 5.75 Å². The Labute approximate surface area is 139 Å². The summed E-state index contributed by atoms with van der Waals surface area (Å²) in [5.41, 5.74) is 1.09. The van der Waals surface area contributed by atoms with E-state index in [1.54, 1.807) is 24.3 Å². The molecule has 2 unspecified atom stereocenters. The molecule has 2 aromatic rings. The highest BCUT2D eigenvalue weighted by molar-refractivity contribution is 6.25. The van der Waals surface area contributed by atoms with Gasteiger partial charge >= 0.3 is 0 Å². The first-order valence-electron chi connectivity index (χ1n) is 7.67. The van der Waals surface area contributed by atoms with Crippen LogP contribution in [0.3, 0.4) is 0 Å². The highest BCUT2D eigenvalue weighted by Crippen LogP contribution is 2.28. The van der Waals surface area contributed by atoms with Crippen molar-refractivity contribution in [3.8, 4) is 5.75 Å². The standard InChI is InChI=1S/C19H17NO4/c1-24-16-10-6-5-9-13(16)18(22)17-15(21)11-14(20-19(17)23)12-7-3-2-4-8-12/h2-10,14,17H,11H2,1H3,(H,20,23). The first-order valence-corrected chi connectivity index (χ1v) is 7.67. The molecule has 0 spiro atoms. The van der Waals surface area contributed by atoms with E-state index in [2.05, 4.69) is 5.32 Å². The monoisotopic (exact) mass is 323 g/mol. The lowest BCUT2D eigenvalue weighted by Gasteiger charge is -2.28. The van der Waals surface area contributed by atoms with Crippen LogP contribution in [0.15, 0.2) is 54.6 Å². The first kappa shape index (κ1) is 15.9. The van der Waals surface area contributed by atoms with Gasteiger partial charge in [0.15, 0.2) is 17.5 Å². The third-order valence-corrected chi connectivity index (χ3v) is 4.14. The van der Waals surface area contributed by atoms with Crippen LogP contribution in [0.5, 0.6) is 5.75 Å². The topological polar surface area (TPSA) is 72.5 Å². The van der Waals surface area contributed by atoms with Crippen LogP contribution in [-0.2, 0) is 9.59 Å². The number of ether oxygens (including phenoxy) is 1. The van der Waals surface area contributed by atoms with E-state index < -0.39 is 23.7 Å². The summed E-state index contributed by atoms with van der Waals surface area (Å²) in [4.78, 5) is 37.6. The number of piperidine rings is 1. The largest absolute Gasteiger partial charge is 0.496 e. The highest BCUT2D eigenvalue weighted by Gasteiger charge is 2.41. The summed E-state index contributed by atoms with van der Waals surface area (Å²) in [7, 11) is 1.44. The van der Waals surface area contributed by atoms with Gasteiger partial charge in [0.05, 0.1) is 18.7 Å². The van der Waals surface area contributed by atoms with Gasteiger partial charge in [-0.25, -0.2) is 0 Å². The Morgan fingerprint density at radius 2 is 1.71 bits per heavy atom. The molecule has 122 valence electrons. The predicted molar refractivity (Wildman–Crippen MR) is 87.8 cm³/mol. The van der Waals surface area contributed by atoms with Crippen molar-refractivity contribution in [1.82, 2.24) is 5.32 Å². The number of para-hydroxylation sites is 1. The van der Waals surface area contributed by atoms with Gasteiger partial charge in [-0.3, -0.25) is 14.4 Å². The molecular weight excluding hydrogens is 306 g/mol. The minimum absolute atomic E-state index is 0.0985. The third kappa shape index (κ3) is 2.93. The van der Waals surface area contributed by atoms with E-state index in [4.69, 9.17) is 4.74 Å². The van der Waals surface area contributed by atoms with Gasteiger partial charge in [-0.15, -0.1) is 0 Å². The molecule has 0 aliphatic carbocycles. The second kappa shape index (κ2) is 6.66. The molecule has 0 saturated carbocycles. The number of amides is 1. The zero-order valence-corrected chi connectivity index (χ0v) is 13.2. The zero-order valence-electron chi connectivity index (χ0n) is 13.2. The number of hydrogen-bond donors (Lipinski definition) is 1. The molecule has 0 aromatic heterocycles. The second-order valence-electron chi connectivity index (χ2n) is 5.64. The van der Waals surface area contributed by atoms with Gasteiger partial charge in [-0.1, -0.05) is 42.5 Å². The van der Waals surface area contributed by atoms with Crippen molar-refractivity contribution in [3.63, 3.8) is 0 Å². The summed E-state index contributed by atoms with van der Waals surface area (Å²) in [6.45, 7) is 0. The lowest BCUT2D eigenvalue weighted by Crippen LogP contribution is -2.48. The van der Waals surface area contributed by atoms with Gasteiger partial charge in [-0.05, 0) is 17.7 Å². The first-order chi connectivity index (χ1) is 11.6. The second-order valence-corrected chi connectivity index (χ2v) is 5.64. The molecule has 2 atom stereocenters. The fourth-order valence-corrected chi connectivity index (χ4v) is 2.93. The molecule has 5 nitrogen and oxygen atoms in total. The van der Waals surface area contributed by atoms with E-state index in [0.29, 0.717) is 5.75 Å². The molecule has 1 fully saturated rings. The smallest absolute Gasteiger partial charge is 0.239 e. The summed E-state index contributed by atoms with van der Waals surface area (Å²) in [5, 5.41) is 2.78. The Hall–Kier alpha value is -2.95. The van der Waals surface area contributed by atoms with Crippen molar-refractivity contribution in [2.24, 2.45) is 5.92 Å². The van der Waals surface area contributed by atoms with Crippen molar-refractivity contribution >= 4 is 17.5 Å². The number of carbonyl (C=O) groups excluding carboxylic acids is 3. The van der Waals surface area contributed by atoms with Crippen LogP contribution in [0, 0.1) is 5.92 Å². The van der Waals surface area contributed by atoms with Crippen LogP contribution < -0.4 is 10.1 Å². The van der Waals surface area contributed by atoms with E-state index >= 15 is 0 Å². The van der Waals surface area contributed by atoms with E-state index in [0.717, 1.165) is 5.56 Å². The number of benzene rings is 2. The number of methoxy groups -OCH3 is 1. The van der Waals surface area contributed by atoms with Crippen LogP contribution in [0.2, 0.25) is 0 Å². The Balaban J connectivity index is 1.85. The fourth-order valence-electron chi connectivity index (χ4n) is 2.93. The summed E-state index contributed by atoms with van der Waals surface area (Å²) in [6, 6.07) is 15.4. The molecular formula is C19H17NO4. The Kier molecular flexibility index (Phi) is 4.42. The van der Waals surface area contributed by atoms with Gasteiger partial charge in [0.25, 0.3) is 0 Å². The van der Waals surface area contributed by atoms with Crippen LogP contribution in [-0.4, -0.2) is 24.6 Å². The molecule has 1 aliphatic heterocycles. The molecule has 0 radical (unpaired) electrons. The van der Waals surface area contributed by atoms with Crippen molar-refractivity contribution in [1.29, 1.82) is 0 Å². The van der Waals surface area contributed by atoms with E-state index in [-0.39, 0.29) is 17.8 Å². The van der Waals surface area contributed by atoms with Crippen LogP contribution >= 0.6 is 0 Å². The average molecular weight is 323 g/mol. The lowest BCUT2D eigenvalue weighted by molar-refractivity contribution is -0.136. The minimum atomic E-state index is -1.32. The molecule has 1 saturated heterocycles. The molecule has 3 rings (SSSR count). The normalized spacial score (nSPS) is 20.4. The minimum Gasteiger partial charge on any atom is -0.496 e. The molecule has 0 bridgehead atoms. The summed E-state index contributed by atoms with van der Waals surface area (Å²) in [5.74, 6) is -2.42. The number of ketones is 2. The maximum Gasteiger partial charge on any atom is 0.239 e. The van der Waals surface area contributed by atoms with Gasteiger partial charge in [0, 0.05) is 6.42 Å². The summed E-state index contributed by atoms with van der Waals surface area (Å²) in [6.07, 6.45) is 0.0985. The maximum absolute atomic E-state index is 12.7. The SMILES string of the molecule is COc1ccccc1C(=O)C1C(=O)CC(c2ccccc2)NC1=O. The van der Waals surface area contributed by atoms with Gasteiger partial charge < -0.3 is 10.1 Å². The Bertz CT molecular complexity index is 767. The Morgan fingerprint density at radius 3 is 2.38 bits per heavy atom. The van der Waals surface area contributed by atoms with E-state index in [1.165, 1.54) is 7.11 Å². The maximum atomic E-state index is 12.7. The van der Waals surface area contributed by atoms with Gasteiger partial charge in [0.2, 0.25) is 5.91 Å². The number of carbonyl (C=O) groups is 3. The predicted octanol–water partition coefficient (Wildman–Crippen LogP) is 2.32. The third-order valence-electron chi connectivity index (χ3n) is 4.14. The lowest BCUT2D eigenvalue weighted by atomic mass is 9.84. The molecule has 24 heavy (non-hydrogen) atoms. The van der Waals surface area contributed by atoms with Gasteiger partial charge in [-0.2, -0.15) is 0 Å². The molecule has 1 heterocycles. The van der Waals surface area contributed by atoms with Crippen molar-refractivity contribution in [3.05, 3.63) is 65.7 Å². The molecule has 2 aromatic carbocycles. The quantitative estimate of drug-likeness (QED) is 0.692. The number of nitrogens with one attached hydrogen (secondary N) is 1. The van der Waals surface area contributed by atoms with Crippen molar-refractivity contribution in [2.75, 3.05) is 7.11 Å². The summed E-state index contributed by atoms with van der Waals surface area (Å²) >= 11 is 0. The molecule has 5 heteroatoms. The molecule has 1 aliphatic rings. The number of hydrogen-bond acceptors (Lipinski definition) is 4. The summed E-state index contributed by atoms with van der Waals surface area (Å²) < 4.78 is 5.15. The van der Waals surface area contributed by atoms with E-state index in [1.807, 2.05) is 30.3 Å². The number of Topliss-reactive ketones (excluding diaryl/α,β-unsaturated/α-hetero) is 2. The molecule has 1 N–H and O–H groups in total. The number of rotatable bonds is 4. The van der Waals surface area contributed by atoms with Crippen LogP contribution in [0.4, 0.5) is 0 Å². The highest BCUT2D eigenvalue weighted by atomic mass is 16.5. The van der Waals surface area contributed by atoms with Crippen LogP contribution in [0.25, 0.3) is 0 Å².